The number of carbonyl (C=O) groups is 2. The van der Waals surface area contributed by atoms with E-state index < -0.39 is 0 Å². The largest absolute Gasteiger partial charge is 1.00 e. The Bertz CT molecular complexity index is 567. The number of hydrogen-bond donors (Lipinski definition) is 0. The van der Waals surface area contributed by atoms with Crippen molar-refractivity contribution >= 4 is 11.9 Å². The molecular weight excluding hydrogens is 309 g/mol. The Morgan fingerprint density at radius 2 is 1.76 bits per heavy atom. The van der Waals surface area contributed by atoms with Crippen molar-refractivity contribution in [1.29, 1.82) is 0 Å². The second-order valence-corrected chi connectivity index (χ2v) is 9.20. The van der Waals surface area contributed by atoms with Crippen LogP contribution in [-0.2, 0) is 14.3 Å². The van der Waals surface area contributed by atoms with Crippen LogP contribution >= 0.6 is 0 Å². The van der Waals surface area contributed by atoms with Gasteiger partial charge in [-0.05, 0) is 67.1 Å². The molecule has 0 radical (unpaired) electrons. The molecule has 134 valence electrons. The van der Waals surface area contributed by atoms with Crippen molar-refractivity contribution in [3.63, 3.8) is 0 Å². The minimum absolute atomic E-state index is 0. The number of fused-ring (bicyclic) bond motifs is 5. The maximum atomic E-state index is 12.3. The maximum Gasteiger partial charge on any atom is 1.00 e. The van der Waals surface area contributed by atoms with Crippen molar-refractivity contribution < 1.29 is 33.2 Å². The van der Waals surface area contributed by atoms with Crippen molar-refractivity contribution in [2.75, 3.05) is 7.11 Å². The van der Waals surface area contributed by atoms with Crippen molar-refractivity contribution in [2.45, 2.75) is 71.3 Å². The summed E-state index contributed by atoms with van der Waals surface area (Å²) in [5.74, 6) is 2.19. The molecular formula is C20H30LiNO3. The Balaban J connectivity index is 0.00000182. The third kappa shape index (κ3) is 2.70. The fourth-order valence-electron chi connectivity index (χ4n) is 7.14. The van der Waals surface area contributed by atoms with Crippen LogP contribution in [0.4, 0.5) is 0 Å². The third-order valence-corrected chi connectivity index (χ3v) is 8.48. The van der Waals surface area contributed by atoms with Crippen molar-refractivity contribution in [3.8, 4) is 0 Å². The van der Waals surface area contributed by atoms with Crippen LogP contribution in [0.25, 0.3) is 5.32 Å². The molecule has 25 heavy (non-hydrogen) atoms. The molecule has 4 nitrogen and oxygen atoms in total. The summed E-state index contributed by atoms with van der Waals surface area (Å²) in [5.41, 5.74) is 0.306. The van der Waals surface area contributed by atoms with Crippen LogP contribution in [0.5, 0.6) is 0 Å². The third-order valence-electron chi connectivity index (χ3n) is 8.48. The summed E-state index contributed by atoms with van der Waals surface area (Å²) in [6, 6.07) is 0.238. The summed E-state index contributed by atoms with van der Waals surface area (Å²) in [4.78, 5) is 24.1. The summed E-state index contributed by atoms with van der Waals surface area (Å²) < 4.78 is 5.11. The van der Waals surface area contributed by atoms with E-state index in [0.717, 1.165) is 32.1 Å². The quantitative estimate of drug-likeness (QED) is 0.531. The molecule has 1 heterocycles. The molecule has 1 aliphatic heterocycles. The molecule has 0 bridgehead atoms. The van der Waals surface area contributed by atoms with Gasteiger partial charge in [0.25, 0.3) is 0 Å². The molecule has 3 saturated carbocycles. The molecule has 4 fully saturated rings. The Kier molecular flexibility index (Phi) is 5.10. The van der Waals surface area contributed by atoms with Gasteiger partial charge in [0.1, 0.15) is 0 Å². The van der Waals surface area contributed by atoms with Gasteiger partial charge in [-0.25, -0.2) is 0 Å². The molecule has 0 aromatic rings. The molecule has 1 saturated heterocycles. The van der Waals surface area contributed by atoms with Gasteiger partial charge in [0.15, 0.2) is 0 Å². The summed E-state index contributed by atoms with van der Waals surface area (Å²) >= 11 is 0. The van der Waals surface area contributed by atoms with E-state index in [1.165, 1.54) is 20.0 Å². The predicted molar refractivity (Wildman–Crippen MR) is 91.3 cm³/mol. The van der Waals surface area contributed by atoms with Crippen LogP contribution in [0.3, 0.4) is 0 Å². The van der Waals surface area contributed by atoms with E-state index in [9.17, 15) is 9.59 Å². The standard InChI is InChI=1S/C20H31NO3.Li/c1-19-10-8-14-12(13(19)5-6-15(19)18(23)24-3)4-7-16-20(14,2)11-9-17(22)21-16;/h12-16H,4-11H2,1-3H3,(H,21,22);/q;+1/p-1/t12?,13?,14?,15-,16?,19?,20?;/m1./s1. The fourth-order valence-corrected chi connectivity index (χ4v) is 7.14. The fraction of sp³-hybridized carbons (Fsp3) is 0.900. The number of rotatable bonds is 1. The van der Waals surface area contributed by atoms with Gasteiger partial charge in [-0.15, -0.1) is 6.04 Å². The summed E-state index contributed by atoms with van der Waals surface area (Å²) in [6.45, 7) is 4.73. The van der Waals surface area contributed by atoms with Crippen LogP contribution < -0.4 is 18.9 Å². The molecule has 5 heteroatoms. The topological polar surface area (TPSA) is 57.5 Å². The molecule has 1 amide bonds. The first-order chi connectivity index (χ1) is 11.4. The minimum Gasteiger partial charge on any atom is -0.650 e. The average molecular weight is 339 g/mol. The van der Waals surface area contributed by atoms with Crippen LogP contribution in [0.15, 0.2) is 0 Å². The number of methoxy groups -OCH3 is 1. The van der Waals surface area contributed by atoms with Crippen LogP contribution in [0.2, 0.25) is 0 Å². The van der Waals surface area contributed by atoms with Gasteiger partial charge >= 0.3 is 24.8 Å². The van der Waals surface area contributed by atoms with E-state index in [4.69, 9.17) is 4.74 Å². The van der Waals surface area contributed by atoms with Crippen LogP contribution in [0.1, 0.15) is 65.2 Å². The number of carbonyl (C=O) groups excluding carboxylic acids is 2. The summed E-state index contributed by atoms with van der Waals surface area (Å²) in [7, 11) is 1.53. The maximum absolute atomic E-state index is 12.3. The van der Waals surface area contributed by atoms with Gasteiger partial charge < -0.3 is 14.8 Å². The van der Waals surface area contributed by atoms with Crippen LogP contribution in [-0.4, -0.2) is 25.0 Å². The van der Waals surface area contributed by atoms with E-state index in [0.29, 0.717) is 24.2 Å². The molecule has 7 atom stereocenters. The molecule has 6 unspecified atom stereocenters. The van der Waals surface area contributed by atoms with E-state index in [-0.39, 0.29) is 53.5 Å². The van der Waals surface area contributed by atoms with Gasteiger partial charge in [-0.2, -0.15) is 0 Å². The van der Waals surface area contributed by atoms with Gasteiger partial charge in [0.05, 0.1) is 18.9 Å². The zero-order valence-electron chi connectivity index (χ0n) is 16.2. The number of nitrogens with zero attached hydrogens (tertiary/aromatic N) is 1. The van der Waals surface area contributed by atoms with Crippen molar-refractivity contribution in [1.82, 2.24) is 0 Å². The van der Waals surface area contributed by atoms with E-state index in [2.05, 4.69) is 19.2 Å². The summed E-state index contributed by atoms with van der Waals surface area (Å²) in [5, 5.41) is 4.51. The predicted octanol–water partition coefficient (Wildman–Crippen LogP) is 1.08. The minimum atomic E-state index is -0.00314. The van der Waals surface area contributed by atoms with Gasteiger partial charge in [-0.1, -0.05) is 26.7 Å². The molecule has 0 aromatic carbocycles. The molecule has 4 rings (SSSR count). The zero-order chi connectivity index (χ0) is 17.1. The van der Waals surface area contributed by atoms with Gasteiger partial charge in [0, 0.05) is 0 Å². The first-order valence-electron chi connectivity index (χ1n) is 9.71. The second-order valence-electron chi connectivity index (χ2n) is 9.20. The zero-order valence-corrected chi connectivity index (χ0v) is 16.2. The number of amides is 1. The first-order valence-corrected chi connectivity index (χ1v) is 9.71. The number of ether oxygens (including phenoxy) is 1. The normalized spacial score (nSPS) is 48.3. The Hall–Kier alpha value is -0.463. The number of piperidine rings is 1. The van der Waals surface area contributed by atoms with E-state index >= 15 is 0 Å². The number of esters is 1. The monoisotopic (exact) mass is 339 g/mol. The molecule has 0 spiro atoms. The van der Waals surface area contributed by atoms with Gasteiger partial charge in [0.2, 0.25) is 0 Å². The first kappa shape index (κ1) is 19.3. The molecule has 4 aliphatic rings. The molecule has 3 aliphatic carbocycles. The molecule has 0 N–H and O–H groups in total. The Labute approximate surface area is 163 Å². The van der Waals surface area contributed by atoms with Gasteiger partial charge in [-0.3, -0.25) is 4.79 Å². The smallest absolute Gasteiger partial charge is 0.650 e. The van der Waals surface area contributed by atoms with Crippen molar-refractivity contribution in [3.05, 3.63) is 5.32 Å². The Morgan fingerprint density at radius 1 is 1.04 bits per heavy atom. The van der Waals surface area contributed by atoms with E-state index in [1.54, 1.807) is 0 Å². The Morgan fingerprint density at radius 3 is 2.48 bits per heavy atom. The SMILES string of the molecule is COC(=O)[C@H]1CCC2C3CCC4[N-]C(=O)CCC4(C)C3CCC21C.[Li+]. The van der Waals surface area contributed by atoms with Crippen LogP contribution in [0, 0.1) is 34.5 Å². The molecule has 0 aromatic heterocycles. The van der Waals surface area contributed by atoms with E-state index in [1.807, 2.05) is 0 Å². The van der Waals surface area contributed by atoms with Crippen molar-refractivity contribution in [2.24, 2.45) is 34.5 Å². The average Bonchev–Trinajstić information content (AvgIpc) is 2.92. The second kappa shape index (κ2) is 6.61. The summed E-state index contributed by atoms with van der Waals surface area (Å²) in [6.07, 6.45) is 8.31. The number of hydrogen-bond acceptors (Lipinski definition) is 3.